The Hall–Kier alpha value is -0.850. The standard InChI is InChI=1S/C26H48N/c1-4-7-10-13-14-15-18-21-27-23-25(19-16-11-8-5-2)22-26(24-27)20-17-12-9-6-3/h22-24H,4-21H2,1-3H3/q+1. The van der Waals surface area contributed by atoms with E-state index in [0.29, 0.717) is 0 Å². The topological polar surface area (TPSA) is 3.88 Å². The minimum absolute atomic E-state index is 1.21. The van der Waals surface area contributed by atoms with Gasteiger partial charge in [0, 0.05) is 17.5 Å². The summed E-state index contributed by atoms with van der Waals surface area (Å²) < 4.78 is 2.51. The Morgan fingerprint density at radius 2 is 0.926 bits per heavy atom. The van der Waals surface area contributed by atoms with Gasteiger partial charge in [0.1, 0.15) is 6.54 Å². The fraction of sp³-hybridized carbons (Fsp3) is 0.808. The molecule has 0 aromatic carbocycles. The Labute approximate surface area is 171 Å². The third kappa shape index (κ3) is 13.0. The van der Waals surface area contributed by atoms with E-state index in [1.807, 2.05) is 0 Å². The number of hydrogen-bond donors (Lipinski definition) is 0. The summed E-state index contributed by atoms with van der Waals surface area (Å²) in [6, 6.07) is 2.50. The Morgan fingerprint density at radius 1 is 0.519 bits per heavy atom. The lowest BCUT2D eigenvalue weighted by Gasteiger charge is -2.07. The average molecular weight is 375 g/mol. The van der Waals surface area contributed by atoms with Crippen molar-refractivity contribution in [2.24, 2.45) is 0 Å². The lowest BCUT2D eigenvalue weighted by molar-refractivity contribution is -0.698. The molecule has 0 saturated carbocycles. The second kappa shape index (κ2) is 17.3. The van der Waals surface area contributed by atoms with Crippen LogP contribution in [0.25, 0.3) is 0 Å². The van der Waals surface area contributed by atoms with E-state index in [0.717, 1.165) is 0 Å². The van der Waals surface area contributed by atoms with Crippen LogP contribution >= 0.6 is 0 Å². The van der Waals surface area contributed by atoms with Crippen LogP contribution in [0, 0.1) is 0 Å². The lowest BCUT2D eigenvalue weighted by Crippen LogP contribution is -2.34. The van der Waals surface area contributed by atoms with Gasteiger partial charge in [-0.3, -0.25) is 0 Å². The SMILES string of the molecule is CCCCCCCCC[n+]1cc(CCCCCC)cc(CCCCCC)c1. The van der Waals surface area contributed by atoms with E-state index in [2.05, 4.69) is 43.8 Å². The number of aryl methyl sites for hydroxylation is 3. The first kappa shape index (κ1) is 24.2. The quantitative estimate of drug-likeness (QED) is 0.181. The summed E-state index contributed by atoms with van der Waals surface area (Å²) >= 11 is 0. The predicted octanol–water partition coefficient (Wildman–Crippen LogP) is 7.97. The Bertz CT molecular complexity index is 421. The van der Waals surface area contributed by atoms with Gasteiger partial charge in [0.05, 0.1) is 0 Å². The van der Waals surface area contributed by atoms with E-state index in [1.54, 1.807) is 11.1 Å². The summed E-state index contributed by atoms with van der Waals surface area (Å²) in [5, 5.41) is 0. The smallest absolute Gasteiger partial charge is 0.171 e. The maximum Gasteiger partial charge on any atom is 0.171 e. The first-order valence-electron chi connectivity index (χ1n) is 12.3. The third-order valence-electron chi connectivity index (χ3n) is 5.69. The fourth-order valence-electron chi connectivity index (χ4n) is 3.94. The van der Waals surface area contributed by atoms with Gasteiger partial charge < -0.3 is 0 Å². The van der Waals surface area contributed by atoms with Crippen molar-refractivity contribution in [2.75, 3.05) is 0 Å². The molecule has 27 heavy (non-hydrogen) atoms. The highest BCUT2D eigenvalue weighted by Crippen LogP contribution is 2.12. The maximum absolute atomic E-state index is 2.51. The molecule has 0 unspecified atom stereocenters. The predicted molar refractivity (Wildman–Crippen MR) is 120 cm³/mol. The molecule has 0 saturated heterocycles. The molecule has 0 aliphatic heterocycles. The van der Waals surface area contributed by atoms with E-state index >= 15 is 0 Å². The van der Waals surface area contributed by atoms with Crippen molar-refractivity contribution in [1.82, 2.24) is 0 Å². The van der Waals surface area contributed by atoms with Crippen LogP contribution in [0.2, 0.25) is 0 Å². The van der Waals surface area contributed by atoms with Gasteiger partial charge in [-0.1, -0.05) is 91.4 Å². The van der Waals surface area contributed by atoms with Crippen LogP contribution in [-0.4, -0.2) is 0 Å². The summed E-state index contributed by atoms with van der Waals surface area (Å²) in [6.07, 6.45) is 28.1. The zero-order chi connectivity index (χ0) is 19.6. The van der Waals surface area contributed by atoms with E-state index in [4.69, 9.17) is 0 Å². The van der Waals surface area contributed by atoms with Crippen molar-refractivity contribution in [3.8, 4) is 0 Å². The molecule has 0 aliphatic carbocycles. The van der Waals surface area contributed by atoms with Crippen LogP contribution in [0.4, 0.5) is 0 Å². The minimum atomic E-state index is 1.21. The number of hydrogen-bond acceptors (Lipinski definition) is 0. The monoisotopic (exact) mass is 374 g/mol. The Morgan fingerprint density at radius 3 is 1.41 bits per heavy atom. The maximum atomic E-state index is 2.51. The highest BCUT2D eigenvalue weighted by atomic mass is 14.9. The molecule has 0 spiro atoms. The molecule has 0 N–H and O–H groups in total. The minimum Gasteiger partial charge on any atom is -0.205 e. The van der Waals surface area contributed by atoms with E-state index < -0.39 is 0 Å². The molecule has 1 nitrogen and oxygen atoms in total. The van der Waals surface area contributed by atoms with Crippen LogP contribution in [-0.2, 0) is 19.4 Å². The molecular formula is C26H48N+. The van der Waals surface area contributed by atoms with Crippen LogP contribution in [0.15, 0.2) is 18.5 Å². The molecule has 0 radical (unpaired) electrons. The van der Waals surface area contributed by atoms with Crippen LogP contribution in [0.5, 0.6) is 0 Å². The highest BCUT2D eigenvalue weighted by molar-refractivity contribution is 5.15. The van der Waals surface area contributed by atoms with Crippen LogP contribution < -0.4 is 4.57 Å². The summed E-state index contributed by atoms with van der Waals surface area (Å²) in [4.78, 5) is 0. The van der Waals surface area contributed by atoms with E-state index in [1.165, 1.54) is 116 Å². The fourth-order valence-corrected chi connectivity index (χ4v) is 3.94. The molecule has 1 heteroatoms. The second-order valence-electron chi connectivity index (χ2n) is 8.53. The Balaban J connectivity index is 2.48. The third-order valence-corrected chi connectivity index (χ3v) is 5.69. The zero-order valence-electron chi connectivity index (χ0n) is 18.9. The molecule has 1 rings (SSSR count). The number of nitrogens with zero attached hydrogens (tertiary/aromatic N) is 1. The van der Waals surface area contributed by atoms with Gasteiger partial charge in [-0.05, 0) is 38.2 Å². The van der Waals surface area contributed by atoms with Gasteiger partial charge in [-0.15, -0.1) is 0 Å². The largest absolute Gasteiger partial charge is 0.205 e. The number of pyridine rings is 1. The zero-order valence-corrected chi connectivity index (χ0v) is 18.9. The normalized spacial score (nSPS) is 11.2. The summed E-state index contributed by atoms with van der Waals surface area (Å²) in [7, 11) is 0. The molecule has 156 valence electrons. The van der Waals surface area contributed by atoms with Crippen molar-refractivity contribution in [3.05, 3.63) is 29.6 Å². The first-order chi connectivity index (χ1) is 13.3. The second-order valence-corrected chi connectivity index (χ2v) is 8.53. The highest BCUT2D eigenvalue weighted by Gasteiger charge is 2.08. The van der Waals surface area contributed by atoms with Gasteiger partial charge in [0.2, 0.25) is 0 Å². The van der Waals surface area contributed by atoms with Gasteiger partial charge >= 0.3 is 0 Å². The van der Waals surface area contributed by atoms with Crippen molar-refractivity contribution in [3.63, 3.8) is 0 Å². The van der Waals surface area contributed by atoms with Crippen LogP contribution in [0.3, 0.4) is 0 Å². The van der Waals surface area contributed by atoms with Gasteiger partial charge in [-0.2, -0.15) is 0 Å². The first-order valence-corrected chi connectivity index (χ1v) is 12.3. The van der Waals surface area contributed by atoms with Crippen molar-refractivity contribution in [2.45, 2.75) is 136 Å². The number of aromatic nitrogens is 1. The van der Waals surface area contributed by atoms with Crippen molar-refractivity contribution in [1.29, 1.82) is 0 Å². The molecule has 0 fully saturated rings. The lowest BCUT2D eigenvalue weighted by atomic mass is 10.0. The molecule has 1 aromatic rings. The number of rotatable bonds is 18. The van der Waals surface area contributed by atoms with Gasteiger partial charge in [0.15, 0.2) is 12.4 Å². The van der Waals surface area contributed by atoms with Gasteiger partial charge in [-0.25, -0.2) is 4.57 Å². The molecule has 1 aromatic heterocycles. The average Bonchev–Trinajstić information content (AvgIpc) is 2.68. The molecule has 0 atom stereocenters. The van der Waals surface area contributed by atoms with E-state index in [9.17, 15) is 0 Å². The molecule has 0 bridgehead atoms. The summed E-state index contributed by atoms with van der Waals surface area (Å²) in [5.74, 6) is 0. The molecule has 1 heterocycles. The summed E-state index contributed by atoms with van der Waals surface area (Å²) in [6.45, 7) is 8.10. The molecular weight excluding hydrogens is 326 g/mol. The number of unbranched alkanes of at least 4 members (excludes halogenated alkanes) is 12. The van der Waals surface area contributed by atoms with Crippen LogP contribution in [0.1, 0.15) is 128 Å². The van der Waals surface area contributed by atoms with Crippen molar-refractivity contribution >= 4 is 0 Å². The molecule has 0 amide bonds. The van der Waals surface area contributed by atoms with Crippen molar-refractivity contribution < 1.29 is 4.57 Å². The van der Waals surface area contributed by atoms with Gasteiger partial charge in [0.25, 0.3) is 0 Å². The Kier molecular flexibility index (Phi) is 15.5. The summed E-state index contributed by atoms with van der Waals surface area (Å²) in [5.41, 5.74) is 3.14. The van der Waals surface area contributed by atoms with E-state index in [-0.39, 0.29) is 0 Å². The molecule has 0 aliphatic rings.